The molecule has 3 rings (SSSR count). The molecule has 0 bridgehead atoms. The van der Waals surface area contributed by atoms with E-state index in [0.29, 0.717) is 26.1 Å². The summed E-state index contributed by atoms with van der Waals surface area (Å²) in [5.74, 6) is -0.306. The third-order valence-electron chi connectivity index (χ3n) is 3.31. The third-order valence-corrected chi connectivity index (χ3v) is 4.15. The maximum Gasteiger partial charge on any atom is 0.271 e. The summed E-state index contributed by atoms with van der Waals surface area (Å²) < 4.78 is 0.497. The molecule has 0 saturated carbocycles. The number of benzene rings is 2. The zero-order valence-corrected chi connectivity index (χ0v) is 14.5. The van der Waals surface area contributed by atoms with Gasteiger partial charge in [-0.05, 0) is 46.3 Å². The maximum atomic E-state index is 12.0. The van der Waals surface area contributed by atoms with Crippen molar-refractivity contribution in [2.45, 2.75) is 0 Å². The van der Waals surface area contributed by atoms with Crippen LogP contribution in [0.15, 0.2) is 58.2 Å². The van der Waals surface area contributed by atoms with Gasteiger partial charge in [-0.15, -0.1) is 0 Å². The van der Waals surface area contributed by atoms with Crippen LogP contribution in [0.2, 0.25) is 5.02 Å². The van der Waals surface area contributed by atoms with E-state index in [1.165, 1.54) is 6.21 Å². The van der Waals surface area contributed by atoms with Crippen LogP contribution >= 0.6 is 27.5 Å². The number of pyridine rings is 1. The van der Waals surface area contributed by atoms with Gasteiger partial charge in [-0.1, -0.05) is 23.7 Å². The van der Waals surface area contributed by atoms with E-state index < -0.39 is 0 Å². The molecule has 3 aromatic rings. The molecule has 7 heteroatoms. The van der Waals surface area contributed by atoms with Crippen LogP contribution < -0.4 is 5.43 Å². The highest BCUT2D eigenvalue weighted by atomic mass is 79.9. The number of aromatic nitrogens is 1. The smallest absolute Gasteiger partial charge is 0.271 e. The molecule has 0 aliphatic heterocycles. The SMILES string of the molecule is O=C(N/N=C\c1cc(Br)c(O)c2ncccc12)c1cccc(Cl)c1. The molecule has 0 radical (unpaired) electrons. The van der Waals surface area contributed by atoms with Crippen molar-refractivity contribution in [1.82, 2.24) is 10.4 Å². The molecule has 24 heavy (non-hydrogen) atoms. The van der Waals surface area contributed by atoms with E-state index in [1.54, 1.807) is 42.6 Å². The number of amides is 1. The zero-order chi connectivity index (χ0) is 17.1. The van der Waals surface area contributed by atoms with Gasteiger partial charge >= 0.3 is 0 Å². The van der Waals surface area contributed by atoms with Crippen LogP contribution in [0, 0.1) is 0 Å². The molecule has 120 valence electrons. The predicted molar refractivity (Wildman–Crippen MR) is 97.6 cm³/mol. The number of carbonyl (C=O) groups excluding carboxylic acids is 1. The Hall–Kier alpha value is -2.44. The average Bonchev–Trinajstić information content (AvgIpc) is 2.59. The van der Waals surface area contributed by atoms with Crippen molar-refractivity contribution >= 4 is 50.6 Å². The van der Waals surface area contributed by atoms with E-state index in [-0.39, 0.29) is 11.7 Å². The average molecular weight is 405 g/mol. The molecule has 5 nitrogen and oxygen atoms in total. The number of phenolic OH excluding ortho intramolecular Hbond substituents is 1. The highest BCUT2D eigenvalue weighted by Gasteiger charge is 2.10. The number of hydrogen-bond donors (Lipinski definition) is 2. The normalized spacial score (nSPS) is 11.1. The number of hydrogen-bond acceptors (Lipinski definition) is 4. The number of halogens is 2. The lowest BCUT2D eigenvalue weighted by atomic mass is 10.1. The Morgan fingerprint density at radius 2 is 2.12 bits per heavy atom. The van der Waals surface area contributed by atoms with Crippen LogP contribution in [-0.4, -0.2) is 22.2 Å². The Morgan fingerprint density at radius 3 is 2.92 bits per heavy atom. The van der Waals surface area contributed by atoms with Gasteiger partial charge in [-0.25, -0.2) is 5.43 Å². The van der Waals surface area contributed by atoms with Gasteiger partial charge in [-0.2, -0.15) is 5.10 Å². The summed E-state index contributed by atoms with van der Waals surface area (Å²) in [7, 11) is 0. The number of hydrazone groups is 1. The number of nitrogens with one attached hydrogen (secondary N) is 1. The second kappa shape index (κ2) is 6.98. The van der Waals surface area contributed by atoms with Gasteiger partial charge < -0.3 is 5.11 Å². The fourth-order valence-electron chi connectivity index (χ4n) is 2.18. The summed E-state index contributed by atoms with van der Waals surface area (Å²) in [6.07, 6.45) is 3.09. The Kier molecular flexibility index (Phi) is 4.78. The minimum absolute atomic E-state index is 0.0608. The van der Waals surface area contributed by atoms with Gasteiger partial charge in [0.1, 0.15) is 5.52 Å². The molecule has 1 heterocycles. The van der Waals surface area contributed by atoms with E-state index in [9.17, 15) is 9.90 Å². The highest BCUT2D eigenvalue weighted by Crippen LogP contribution is 2.33. The van der Waals surface area contributed by atoms with E-state index in [1.807, 2.05) is 6.07 Å². The Balaban J connectivity index is 1.86. The largest absolute Gasteiger partial charge is 0.505 e. The molecule has 2 aromatic carbocycles. The van der Waals surface area contributed by atoms with Gasteiger partial charge in [0.2, 0.25) is 0 Å². The van der Waals surface area contributed by atoms with Crippen LogP contribution in [0.5, 0.6) is 5.75 Å². The molecule has 0 aliphatic carbocycles. The number of aromatic hydroxyl groups is 1. The van der Waals surface area contributed by atoms with E-state index in [0.717, 1.165) is 5.39 Å². The Morgan fingerprint density at radius 1 is 1.29 bits per heavy atom. The number of nitrogens with zero attached hydrogens (tertiary/aromatic N) is 2. The summed E-state index contributed by atoms with van der Waals surface area (Å²) >= 11 is 9.14. The molecule has 0 unspecified atom stereocenters. The third kappa shape index (κ3) is 3.39. The van der Waals surface area contributed by atoms with Crippen molar-refractivity contribution in [2.75, 3.05) is 0 Å². The van der Waals surface area contributed by atoms with E-state index in [4.69, 9.17) is 11.6 Å². The number of phenols is 1. The lowest BCUT2D eigenvalue weighted by molar-refractivity contribution is 0.0955. The monoisotopic (exact) mass is 403 g/mol. The molecule has 1 aromatic heterocycles. The van der Waals surface area contributed by atoms with Gasteiger partial charge in [0.05, 0.1) is 10.7 Å². The van der Waals surface area contributed by atoms with E-state index >= 15 is 0 Å². The molecule has 0 spiro atoms. The van der Waals surface area contributed by atoms with E-state index in [2.05, 4.69) is 31.4 Å². The number of carbonyl (C=O) groups is 1. The molecular formula is C17H11BrClN3O2. The van der Waals surface area contributed by atoms with Crippen LogP contribution in [-0.2, 0) is 0 Å². The summed E-state index contributed by atoms with van der Waals surface area (Å²) in [6.45, 7) is 0. The molecule has 0 fully saturated rings. The molecule has 2 N–H and O–H groups in total. The molecule has 0 aliphatic rings. The quantitative estimate of drug-likeness (QED) is 0.509. The summed E-state index contributed by atoms with van der Waals surface area (Å²) in [5, 5.41) is 15.2. The van der Waals surface area contributed by atoms with Crippen molar-refractivity contribution in [3.8, 4) is 5.75 Å². The Labute approximate surface area is 151 Å². The fraction of sp³-hybridized carbons (Fsp3) is 0. The van der Waals surface area contributed by atoms with Gasteiger partial charge in [0.15, 0.2) is 5.75 Å². The van der Waals surface area contributed by atoms with Crippen molar-refractivity contribution in [3.63, 3.8) is 0 Å². The first-order chi connectivity index (χ1) is 11.6. The van der Waals surface area contributed by atoms with Crippen LogP contribution in [0.3, 0.4) is 0 Å². The highest BCUT2D eigenvalue weighted by molar-refractivity contribution is 9.10. The second-order valence-electron chi connectivity index (χ2n) is 4.91. The van der Waals surface area contributed by atoms with Crippen molar-refractivity contribution in [2.24, 2.45) is 5.10 Å². The first-order valence-corrected chi connectivity index (χ1v) is 8.08. The van der Waals surface area contributed by atoms with Crippen LogP contribution in [0.1, 0.15) is 15.9 Å². The molecular weight excluding hydrogens is 394 g/mol. The van der Waals surface area contributed by atoms with Crippen LogP contribution in [0.4, 0.5) is 0 Å². The summed E-state index contributed by atoms with van der Waals surface area (Å²) in [5.41, 5.74) is 4.02. The zero-order valence-electron chi connectivity index (χ0n) is 12.2. The predicted octanol–water partition coefficient (Wildman–Crippen LogP) is 4.12. The number of rotatable bonds is 3. The lowest BCUT2D eigenvalue weighted by Gasteiger charge is -2.06. The van der Waals surface area contributed by atoms with Gasteiger partial charge in [-0.3, -0.25) is 9.78 Å². The van der Waals surface area contributed by atoms with Gasteiger partial charge in [0, 0.05) is 27.7 Å². The fourth-order valence-corrected chi connectivity index (χ4v) is 2.81. The van der Waals surface area contributed by atoms with Crippen LogP contribution in [0.25, 0.3) is 10.9 Å². The summed E-state index contributed by atoms with van der Waals surface area (Å²) in [6, 6.07) is 11.9. The maximum absolute atomic E-state index is 12.0. The van der Waals surface area contributed by atoms with Gasteiger partial charge in [0.25, 0.3) is 5.91 Å². The first-order valence-electron chi connectivity index (χ1n) is 6.91. The van der Waals surface area contributed by atoms with Crippen molar-refractivity contribution in [3.05, 3.63) is 69.3 Å². The first kappa shape index (κ1) is 16.4. The lowest BCUT2D eigenvalue weighted by Crippen LogP contribution is -2.17. The minimum atomic E-state index is -0.367. The summed E-state index contributed by atoms with van der Waals surface area (Å²) in [4.78, 5) is 16.2. The second-order valence-corrected chi connectivity index (χ2v) is 6.20. The Bertz CT molecular complexity index is 960. The standard InChI is InChI=1S/C17H11BrClN3O2/c18-14-8-11(13-5-2-6-20-15(13)16(14)23)9-21-22-17(24)10-3-1-4-12(19)7-10/h1-9,23H,(H,22,24)/b21-9-. The van der Waals surface area contributed by atoms with Crippen molar-refractivity contribution in [1.29, 1.82) is 0 Å². The topological polar surface area (TPSA) is 74.6 Å². The minimum Gasteiger partial charge on any atom is -0.505 e. The molecule has 0 saturated heterocycles. The molecule has 0 atom stereocenters. The number of fused-ring (bicyclic) bond motifs is 1. The molecule has 1 amide bonds. The van der Waals surface area contributed by atoms with Crippen molar-refractivity contribution < 1.29 is 9.90 Å².